The molecule has 0 amide bonds. The van der Waals surface area contributed by atoms with Crippen molar-refractivity contribution in [3.63, 3.8) is 0 Å². The molecule has 84 valence electrons. The summed E-state index contributed by atoms with van der Waals surface area (Å²) >= 11 is 0. The fraction of sp³-hybridized carbons (Fsp3) is 0.364. The molecule has 0 saturated carbocycles. The largest absolute Gasteiger partial charge is 0.437 e. The van der Waals surface area contributed by atoms with Crippen molar-refractivity contribution in [3.8, 4) is 0 Å². The Labute approximate surface area is 92.6 Å². The maximum atomic E-state index is 5.81. The number of aromatic nitrogens is 1. The van der Waals surface area contributed by atoms with Gasteiger partial charge in [0, 0.05) is 6.54 Å². The van der Waals surface area contributed by atoms with Gasteiger partial charge in [-0.3, -0.25) is 0 Å². The van der Waals surface area contributed by atoms with Crippen LogP contribution in [-0.4, -0.2) is 24.7 Å². The second-order valence-corrected chi connectivity index (χ2v) is 3.83. The SMILES string of the molecule is Nc1cccc2nc(C3COCCN3)oc12. The number of ether oxygens (including phenoxy) is 1. The van der Waals surface area contributed by atoms with Crippen LogP contribution in [0.5, 0.6) is 0 Å². The van der Waals surface area contributed by atoms with Gasteiger partial charge in [-0.05, 0) is 12.1 Å². The van der Waals surface area contributed by atoms with E-state index in [1.165, 1.54) is 0 Å². The fourth-order valence-electron chi connectivity index (χ4n) is 1.86. The highest BCUT2D eigenvalue weighted by Crippen LogP contribution is 2.25. The summed E-state index contributed by atoms with van der Waals surface area (Å²) in [4.78, 5) is 4.41. The molecule has 1 aliphatic rings. The molecule has 5 heteroatoms. The Morgan fingerprint density at radius 1 is 1.44 bits per heavy atom. The van der Waals surface area contributed by atoms with E-state index in [-0.39, 0.29) is 6.04 Å². The van der Waals surface area contributed by atoms with Crippen LogP contribution in [0.3, 0.4) is 0 Å². The van der Waals surface area contributed by atoms with Gasteiger partial charge in [0.1, 0.15) is 11.6 Å². The van der Waals surface area contributed by atoms with E-state index in [1.807, 2.05) is 18.2 Å². The number of oxazole rings is 1. The first-order valence-electron chi connectivity index (χ1n) is 5.30. The Morgan fingerprint density at radius 3 is 3.12 bits per heavy atom. The molecule has 0 spiro atoms. The maximum Gasteiger partial charge on any atom is 0.215 e. The highest BCUT2D eigenvalue weighted by molar-refractivity contribution is 5.84. The van der Waals surface area contributed by atoms with Crippen molar-refractivity contribution >= 4 is 16.8 Å². The summed E-state index contributed by atoms with van der Waals surface area (Å²) in [6.07, 6.45) is 0. The van der Waals surface area contributed by atoms with E-state index in [4.69, 9.17) is 14.9 Å². The Bertz CT molecular complexity index is 503. The number of rotatable bonds is 1. The highest BCUT2D eigenvalue weighted by atomic mass is 16.5. The van der Waals surface area contributed by atoms with Gasteiger partial charge in [0.05, 0.1) is 18.9 Å². The second-order valence-electron chi connectivity index (χ2n) is 3.83. The molecule has 0 aliphatic carbocycles. The average molecular weight is 219 g/mol. The van der Waals surface area contributed by atoms with Crippen molar-refractivity contribution in [2.24, 2.45) is 0 Å². The summed E-state index contributed by atoms with van der Waals surface area (Å²) in [6.45, 7) is 2.14. The number of fused-ring (bicyclic) bond motifs is 1. The van der Waals surface area contributed by atoms with Crippen LogP contribution in [-0.2, 0) is 4.74 Å². The van der Waals surface area contributed by atoms with Crippen molar-refractivity contribution < 1.29 is 9.15 Å². The van der Waals surface area contributed by atoms with E-state index in [0.717, 1.165) is 18.7 Å². The van der Waals surface area contributed by atoms with Crippen LogP contribution in [0.15, 0.2) is 22.6 Å². The fourth-order valence-corrected chi connectivity index (χ4v) is 1.86. The van der Waals surface area contributed by atoms with Crippen LogP contribution < -0.4 is 11.1 Å². The Balaban J connectivity index is 2.01. The van der Waals surface area contributed by atoms with Crippen molar-refractivity contribution in [2.75, 3.05) is 25.5 Å². The van der Waals surface area contributed by atoms with E-state index in [0.29, 0.717) is 23.8 Å². The molecule has 1 aromatic heterocycles. The first kappa shape index (κ1) is 9.62. The van der Waals surface area contributed by atoms with Gasteiger partial charge in [-0.25, -0.2) is 4.98 Å². The molecule has 1 atom stereocenters. The van der Waals surface area contributed by atoms with Gasteiger partial charge in [0.2, 0.25) is 5.89 Å². The normalized spacial score (nSPS) is 21.4. The molecule has 1 saturated heterocycles. The molecule has 16 heavy (non-hydrogen) atoms. The molecular weight excluding hydrogens is 206 g/mol. The Hall–Kier alpha value is -1.59. The van der Waals surface area contributed by atoms with Gasteiger partial charge in [-0.1, -0.05) is 6.07 Å². The predicted octanol–water partition coefficient (Wildman–Crippen LogP) is 1.07. The maximum absolute atomic E-state index is 5.81. The third kappa shape index (κ3) is 1.54. The number of nitrogens with two attached hydrogens (primary N) is 1. The molecule has 1 unspecified atom stereocenters. The van der Waals surface area contributed by atoms with Gasteiger partial charge < -0.3 is 20.2 Å². The Morgan fingerprint density at radius 2 is 2.38 bits per heavy atom. The molecule has 1 fully saturated rings. The van der Waals surface area contributed by atoms with E-state index in [1.54, 1.807) is 0 Å². The molecule has 5 nitrogen and oxygen atoms in total. The lowest BCUT2D eigenvalue weighted by Gasteiger charge is -2.20. The molecule has 2 aromatic rings. The number of morpholine rings is 1. The van der Waals surface area contributed by atoms with Crippen LogP contribution in [0.2, 0.25) is 0 Å². The minimum absolute atomic E-state index is 0.0283. The van der Waals surface area contributed by atoms with Crippen molar-refractivity contribution in [3.05, 3.63) is 24.1 Å². The van der Waals surface area contributed by atoms with Crippen molar-refractivity contribution in [1.82, 2.24) is 10.3 Å². The standard InChI is InChI=1S/C11H13N3O2/c12-7-2-1-3-8-10(7)16-11(14-8)9-6-15-5-4-13-9/h1-3,9,13H,4-6,12H2. The van der Waals surface area contributed by atoms with Crippen molar-refractivity contribution in [1.29, 1.82) is 0 Å². The van der Waals surface area contributed by atoms with E-state index in [9.17, 15) is 0 Å². The summed E-state index contributed by atoms with van der Waals surface area (Å²) < 4.78 is 11.0. The lowest BCUT2D eigenvalue weighted by Crippen LogP contribution is -2.34. The zero-order valence-electron chi connectivity index (χ0n) is 8.77. The minimum atomic E-state index is 0.0283. The molecule has 3 rings (SSSR count). The lowest BCUT2D eigenvalue weighted by atomic mass is 10.3. The van der Waals surface area contributed by atoms with Gasteiger partial charge in [0.25, 0.3) is 0 Å². The van der Waals surface area contributed by atoms with Crippen LogP contribution >= 0.6 is 0 Å². The van der Waals surface area contributed by atoms with Gasteiger partial charge in [0.15, 0.2) is 5.58 Å². The smallest absolute Gasteiger partial charge is 0.215 e. The van der Waals surface area contributed by atoms with Gasteiger partial charge in [-0.15, -0.1) is 0 Å². The van der Waals surface area contributed by atoms with E-state index >= 15 is 0 Å². The third-order valence-corrected chi connectivity index (χ3v) is 2.68. The summed E-state index contributed by atoms with van der Waals surface area (Å²) in [6, 6.07) is 5.60. The molecule has 2 heterocycles. The van der Waals surface area contributed by atoms with Crippen LogP contribution in [0.1, 0.15) is 11.9 Å². The number of nitrogens with one attached hydrogen (secondary N) is 1. The number of nitrogen functional groups attached to an aromatic ring is 1. The first-order valence-corrected chi connectivity index (χ1v) is 5.30. The lowest BCUT2D eigenvalue weighted by molar-refractivity contribution is 0.0687. The molecule has 0 radical (unpaired) electrons. The zero-order valence-corrected chi connectivity index (χ0v) is 8.77. The molecule has 3 N–H and O–H groups in total. The first-order chi connectivity index (χ1) is 7.84. The van der Waals surface area contributed by atoms with Crippen molar-refractivity contribution in [2.45, 2.75) is 6.04 Å². The molecule has 1 aromatic carbocycles. The average Bonchev–Trinajstić information content (AvgIpc) is 2.76. The quantitative estimate of drug-likeness (QED) is 0.702. The van der Waals surface area contributed by atoms with Gasteiger partial charge in [-0.2, -0.15) is 0 Å². The second kappa shape index (κ2) is 3.77. The zero-order chi connectivity index (χ0) is 11.0. The summed E-state index contributed by atoms with van der Waals surface area (Å²) in [5.41, 5.74) is 7.88. The number of nitrogens with zero attached hydrogens (tertiary/aromatic N) is 1. The molecule has 0 bridgehead atoms. The predicted molar refractivity (Wildman–Crippen MR) is 60.0 cm³/mol. The topological polar surface area (TPSA) is 73.3 Å². The van der Waals surface area contributed by atoms with Crippen LogP contribution in [0, 0.1) is 0 Å². The van der Waals surface area contributed by atoms with E-state index < -0.39 is 0 Å². The number of anilines is 1. The Kier molecular flexibility index (Phi) is 2.27. The monoisotopic (exact) mass is 219 g/mol. The molecular formula is C11H13N3O2. The third-order valence-electron chi connectivity index (χ3n) is 2.68. The molecule has 1 aliphatic heterocycles. The number of hydrogen-bond acceptors (Lipinski definition) is 5. The highest BCUT2D eigenvalue weighted by Gasteiger charge is 2.21. The summed E-state index contributed by atoms with van der Waals surface area (Å²) in [7, 11) is 0. The number of benzene rings is 1. The minimum Gasteiger partial charge on any atom is -0.437 e. The number of para-hydroxylation sites is 1. The van der Waals surface area contributed by atoms with E-state index in [2.05, 4.69) is 10.3 Å². The van der Waals surface area contributed by atoms with Crippen LogP contribution in [0.25, 0.3) is 11.1 Å². The van der Waals surface area contributed by atoms with Gasteiger partial charge >= 0.3 is 0 Å². The van der Waals surface area contributed by atoms with Crippen LogP contribution in [0.4, 0.5) is 5.69 Å². The summed E-state index contributed by atoms with van der Waals surface area (Å²) in [5.74, 6) is 0.646. The summed E-state index contributed by atoms with van der Waals surface area (Å²) in [5, 5.41) is 3.29. The number of hydrogen-bond donors (Lipinski definition) is 2.